The quantitative estimate of drug-likeness (QED) is 0.673. The summed E-state index contributed by atoms with van der Waals surface area (Å²) in [5, 5.41) is 6.81. The SMILES string of the molecule is CCCc1nc(-c2cccc(OCC(=O)NCc3ccccc3)c2)no1. The van der Waals surface area contributed by atoms with E-state index in [0.29, 0.717) is 24.0 Å². The van der Waals surface area contributed by atoms with Gasteiger partial charge in [0.15, 0.2) is 6.61 Å². The van der Waals surface area contributed by atoms with Crippen molar-refractivity contribution in [2.24, 2.45) is 0 Å². The van der Waals surface area contributed by atoms with E-state index in [0.717, 1.165) is 24.0 Å². The number of carbonyl (C=O) groups excluding carboxylic acids is 1. The van der Waals surface area contributed by atoms with E-state index in [1.165, 1.54) is 0 Å². The summed E-state index contributed by atoms with van der Waals surface area (Å²) >= 11 is 0. The molecule has 26 heavy (non-hydrogen) atoms. The normalized spacial score (nSPS) is 10.5. The van der Waals surface area contributed by atoms with Crippen molar-refractivity contribution >= 4 is 5.91 Å². The van der Waals surface area contributed by atoms with E-state index in [-0.39, 0.29) is 12.5 Å². The molecule has 0 unspecified atom stereocenters. The van der Waals surface area contributed by atoms with Crippen LogP contribution in [0.15, 0.2) is 59.1 Å². The van der Waals surface area contributed by atoms with E-state index in [9.17, 15) is 4.79 Å². The Morgan fingerprint density at radius 1 is 1.15 bits per heavy atom. The summed E-state index contributed by atoms with van der Waals surface area (Å²) in [5.74, 6) is 1.55. The Kier molecular flexibility index (Phi) is 5.98. The molecule has 1 heterocycles. The van der Waals surface area contributed by atoms with Crippen molar-refractivity contribution in [2.75, 3.05) is 6.61 Å². The van der Waals surface area contributed by atoms with E-state index in [2.05, 4.69) is 22.4 Å². The van der Waals surface area contributed by atoms with Crippen LogP contribution in [0, 0.1) is 0 Å². The number of amides is 1. The zero-order valence-corrected chi connectivity index (χ0v) is 14.6. The molecule has 0 bridgehead atoms. The maximum Gasteiger partial charge on any atom is 0.258 e. The summed E-state index contributed by atoms with van der Waals surface area (Å²) in [6.07, 6.45) is 1.70. The molecule has 0 aliphatic carbocycles. The summed E-state index contributed by atoms with van der Waals surface area (Å²) in [5.41, 5.74) is 1.83. The average molecular weight is 351 g/mol. The summed E-state index contributed by atoms with van der Waals surface area (Å²) < 4.78 is 10.8. The van der Waals surface area contributed by atoms with Crippen molar-refractivity contribution in [3.63, 3.8) is 0 Å². The lowest BCUT2D eigenvalue weighted by Crippen LogP contribution is -2.28. The molecule has 0 saturated heterocycles. The Balaban J connectivity index is 1.54. The number of benzene rings is 2. The van der Waals surface area contributed by atoms with Gasteiger partial charge in [0, 0.05) is 18.5 Å². The van der Waals surface area contributed by atoms with Gasteiger partial charge in [0.25, 0.3) is 5.91 Å². The zero-order valence-electron chi connectivity index (χ0n) is 14.6. The molecular formula is C20H21N3O3. The van der Waals surface area contributed by atoms with Gasteiger partial charge < -0.3 is 14.6 Å². The first-order chi connectivity index (χ1) is 12.7. The van der Waals surface area contributed by atoms with Crippen LogP contribution in [0.4, 0.5) is 0 Å². The van der Waals surface area contributed by atoms with Crippen molar-refractivity contribution < 1.29 is 14.1 Å². The van der Waals surface area contributed by atoms with Crippen LogP contribution in [0.5, 0.6) is 5.75 Å². The lowest BCUT2D eigenvalue weighted by molar-refractivity contribution is -0.123. The third kappa shape index (κ3) is 4.92. The molecule has 3 aromatic rings. The number of aromatic nitrogens is 2. The largest absolute Gasteiger partial charge is 0.484 e. The van der Waals surface area contributed by atoms with E-state index in [4.69, 9.17) is 9.26 Å². The molecule has 1 aromatic heterocycles. The van der Waals surface area contributed by atoms with Gasteiger partial charge in [-0.25, -0.2) is 0 Å². The summed E-state index contributed by atoms with van der Waals surface area (Å²) in [4.78, 5) is 16.3. The minimum absolute atomic E-state index is 0.0520. The number of nitrogens with zero attached hydrogens (tertiary/aromatic N) is 2. The monoisotopic (exact) mass is 351 g/mol. The highest BCUT2D eigenvalue weighted by Crippen LogP contribution is 2.21. The lowest BCUT2D eigenvalue weighted by Gasteiger charge is -2.08. The highest BCUT2D eigenvalue weighted by atomic mass is 16.5. The molecule has 3 rings (SSSR count). The van der Waals surface area contributed by atoms with Crippen LogP contribution in [-0.2, 0) is 17.8 Å². The minimum Gasteiger partial charge on any atom is -0.484 e. The Bertz CT molecular complexity index is 846. The van der Waals surface area contributed by atoms with E-state index < -0.39 is 0 Å². The fourth-order valence-corrected chi connectivity index (χ4v) is 2.41. The highest BCUT2D eigenvalue weighted by Gasteiger charge is 2.09. The molecule has 134 valence electrons. The number of hydrogen-bond acceptors (Lipinski definition) is 5. The Morgan fingerprint density at radius 2 is 2.00 bits per heavy atom. The zero-order chi connectivity index (χ0) is 18.2. The van der Waals surface area contributed by atoms with Crippen LogP contribution in [0.1, 0.15) is 24.8 Å². The van der Waals surface area contributed by atoms with Gasteiger partial charge in [-0.15, -0.1) is 0 Å². The van der Waals surface area contributed by atoms with Crippen LogP contribution < -0.4 is 10.1 Å². The van der Waals surface area contributed by atoms with E-state index in [1.54, 1.807) is 12.1 Å². The number of nitrogens with one attached hydrogen (secondary N) is 1. The Hall–Kier alpha value is -3.15. The van der Waals surface area contributed by atoms with Gasteiger partial charge in [0.2, 0.25) is 11.7 Å². The fraction of sp³-hybridized carbons (Fsp3) is 0.250. The first kappa shape index (κ1) is 17.7. The van der Waals surface area contributed by atoms with Crippen LogP contribution in [0.3, 0.4) is 0 Å². The van der Waals surface area contributed by atoms with Gasteiger partial charge in [-0.2, -0.15) is 4.98 Å². The molecule has 0 spiro atoms. The highest BCUT2D eigenvalue weighted by molar-refractivity contribution is 5.77. The molecule has 0 saturated carbocycles. The average Bonchev–Trinajstić information content (AvgIpc) is 3.15. The van der Waals surface area contributed by atoms with Crippen molar-refractivity contribution in [3.05, 3.63) is 66.1 Å². The second-order valence-corrected chi connectivity index (χ2v) is 5.84. The molecule has 0 atom stereocenters. The molecule has 0 aliphatic heterocycles. The number of aryl methyl sites for hydroxylation is 1. The van der Waals surface area contributed by atoms with Gasteiger partial charge in [0.1, 0.15) is 5.75 Å². The van der Waals surface area contributed by atoms with Gasteiger partial charge in [-0.1, -0.05) is 54.5 Å². The molecule has 1 amide bonds. The molecule has 1 N–H and O–H groups in total. The molecule has 6 heteroatoms. The predicted octanol–water partition coefficient (Wildman–Crippen LogP) is 3.38. The Labute approximate surface area is 152 Å². The maximum absolute atomic E-state index is 11.9. The minimum atomic E-state index is -0.177. The summed E-state index contributed by atoms with van der Waals surface area (Å²) in [6.45, 7) is 2.48. The summed E-state index contributed by atoms with van der Waals surface area (Å²) in [6, 6.07) is 17.0. The topological polar surface area (TPSA) is 77.2 Å². The summed E-state index contributed by atoms with van der Waals surface area (Å²) in [7, 11) is 0. The van der Waals surface area contributed by atoms with Gasteiger partial charge in [0.05, 0.1) is 0 Å². The first-order valence-electron chi connectivity index (χ1n) is 8.61. The third-order valence-corrected chi connectivity index (χ3v) is 3.73. The third-order valence-electron chi connectivity index (χ3n) is 3.73. The number of hydrogen-bond donors (Lipinski definition) is 1. The smallest absolute Gasteiger partial charge is 0.258 e. The molecular weight excluding hydrogens is 330 g/mol. The molecule has 0 radical (unpaired) electrons. The predicted molar refractivity (Wildman–Crippen MR) is 97.5 cm³/mol. The van der Waals surface area contributed by atoms with E-state index in [1.807, 2.05) is 42.5 Å². The second kappa shape index (κ2) is 8.80. The molecule has 2 aromatic carbocycles. The standard InChI is InChI=1S/C20H21N3O3/c1-2-7-19-22-20(23-26-19)16-10-6-11-17(12-16)25-14-18(24)21-13-15-8-4-3-5-9-15/h3-6,8-12H,2,7,13-14H2,1H3,(H,21,24). The molecule has 0 aliphatic rings. The van der Waals surface area contributed by atoms with Crippen molar-refractivity contribution in [1.29, 1.82) is 0 Å². The fourth-order valence-electron chi connectivity index (χ4n) is 2.41. The molecule has 6 nitrogen and oxygen atoms in total. The van der Waals surface area contributed by atoms with Gasteiger partial charge >= 0.3 is 0 Å². The van der Waals surface area contributed by atoms with Crippen LogP contribution in [-0.4, -0.2) is 22.7 Å². The lowest BCUT2D eigenvalue weighted by atomic mass is 10.2. The van der Waals surface area contributed by atoms with Crippen molar-refractivity contribution in [3.8, 4) is 17.1 Å². The number of ether oxygens (including phenoxy) is 1. The van der Waals surface area contributed by atoms with Crippen LogP contribution in [0.2, 0.25) is 0 Å². The maximum atomic E-state index is 11.9. The van der Waals surface area contributed by atoms with Gasteiger partial charge in [-0.3, -0.25) is 4.79 Å². The first-order valence-corrected chi connectivity index (χ1v) is 8.61. The number of rotatable bonds is 8. The van der Waals surface area contributed by atoms with E-state index >= 15 is 0 Å². The van der Waals surface area contributed by atoms with Crippen molar-refractivity contribution in [2.45, 2.75) is 26.3 Å². The number of carbonyl (C=O) groups is 1. The second-order valence-electron chi connectivity index (χ2n) is 5.84. The van der Waals surface area contributed by atoms with Crippen LogP contribution in [0.25, 0.3) is 11.4 Å². The van der Waals surface area contributed by atoms with Crippen molar-refractivity contribution in [1.82, 2.24) is 15.5 Å². The molecule has 0 fully saturated rings. The Morgan fingerprint density at radius 3 is 2.81 bits per heavy atom. The van der Waals surface area contributed by atoms with Gasteiger partial charge in [-0.05, 0) is 24.1 Å². The van der Waals surface area contributed by atoms with Crippen LogP contribution >= 0.6 is 0 Å².